The van der Waals surface area contributed by atoms with Crippen molar-refractivity contribution in [2.45, 2.75) is 357 Å². The van der Waals surface area contributed by atoms with Crippen LogP contribution in [0.15, 0.2) is 291 Å². The molecule has 16 rings (SSSR count). The third-order valence-corrected chi connectivity index (χ3v) is 27.1. The number of rotatable bonds is 11. The van der Waals surface area contributed by atoms with E-state index in [1.54, 1.807) is 0 Å². The number of hydrogen-bond acceptors (Lipinski definition) is 0. The predicted molar refractivity (Wildman–Crippen MR) is 569 cm³/mol. The largest absolute Gasteiger partial charge is 0.0599 e. The van der Waals surface area contributed by atoms with Crippen LogP contribution in [-0.2, 0) is 44.3 Å². The molecule has 682 valence electrons. The molecule has 0 nitrogen and oxygen atoms in total. The quantitative estimate of drug-likeness (QED) is 0.121. The van der Waals surface area contributed by atoms with E-state index in [1.165, 1.54) is 180 Å². The Hall–Kier alpha value is -9.36. The average Bonchev–Trinajstić information content (AvgIpc) is 0.858. The van der Waals surface area contributed by atoms with Crippen molar-refractivity contribution < 1.29 is 6.85 Å². The van der Waals surface area contributed by atoms with E-state index in [-0.39, 0.29) is 49.7 Å². The zero-order valence-electron chi connectivity index (χ0n) is 89.8. The van der Waals surface area contributed by atoms with Gasteiger partial charge in [0.25, 0.3) is 0 Å². The first kappa shape index (κ1) is 92.9. The molecular formula is C129H166. The van der Waals surface area contributed by atoms with Gasteiger partial charge in [-0.25, -0.2) is 0 Å². The first-order chi connectivity index (χ1) is 62.5. The second-order valence-electron chi connectivity index (χ2n) is 46.8. The van der Waals surface area contributed by atoms with E-state index < -0.39 is 17.7 Å². The summed E-state index contributed by atoms with van der Waals surface area (Å²) in [5.41, 5.74) is 31.8. The van der Waals surface area contributed by atoms with Gasteiger partial charge in [0.2, 0.25) is 0 Å². The van der Waals surface area contributed by atoms with Crippen molar-refractivity contribution in [2.75, 3.05) is 0 Å². The highest BCUT2D eigenvalue weighted by Gasteiger charge is 2.29. The van der Waals surface area contributed by atoms with Gasteiger partial charge in [0.15, 0.2) is 0 Å². The second kappa shape index (κ2) is 43.3. The molecule has 0 radical (unpaired) electrons. The van der Waals surface area contributed by atoms with E-state index in [2.05, 4.69) is 426 Å². The van der Waals surface area contributed by atoms with Crippen LogP contribution in [0.1, 0.15) is 386 Å². The highest BCUT2D eigenvalue weighted by molar-refractivity contribution is 5.69. The fraction of sp³-hybridized carbons (Fsp3) is 0.442. The van der Waals surface area contributed by atoms with Gasteiger partial charge in [-0.1, -0.05) is 516 Å². The first-order valence-electron chi connectivity index (χ1n) is 51.8. The second-order valence-corrected chi connectivity index (χ2v) is 46.8. The van der Waals surface area contributed by atoms with Crippen molar-refractivity contribution in [1.82, 2.24) is 0 Å². The Bertz CT molecular complexity index is 5550. The summed E-state index contributed by atoms with van der Waals surface area (Å²) in [6.45, 7) is 57.6. The van der Waals surface area contributed by atoms with E-state index in [0.717, 1.165) is 68.4 Å². The van der Waals surface area contributed by atoms with E-state index in [4.69, 9.17) is 6.85 Å². The SMILES string of the molecule is CC(C)(C)c1ccc(-c2ccc(C(C)(C)C)cc2)cc1.CC(C)(C)c1ccc(-c2ccc(C3CCCC3)cc2)cc1.[2H]C([2H])(c1ccc(-c2ccc(C(C)(C)C)cc2)cc1)C(C)(C)C.[2H]C1(c2ccc(-c3ccc(C(C)(C)C)cc3)cc2)CCC(C)(C)CC1.[2H]C1(c2ccc(-c3ccc(C(C)(C)C)cc3)cc2)CCCC1.[2H]C1(c2ccc(-c3ccc(C(C)(C)C)cc3)cc2)CCCCC1. The smallest absolute Gasteiger partial charge is 0.0352 e. The summed E-state index contributed by atoms with van der Waals surface area (Å²) in [6.07, 6.45) is 18.5. The topological polar surface area (TPSA) is 0 Å². The fourth-order valence-corrected chi connectivity index (χ4v) is 18.1. The van der Waals surface area contributed by atoms with E-state index in [9.17, 15) is 0 Å². The Morgan fingerprint density at radius 1 is 0.209 bits per heavy atom. The lowest BCUT2D eigenvalue weighted by Gasteiger charge is -2.34. The number of hydrogen-bond donors (Lipinski definition) is 0. The van der Waals surface area contributed by atoms with Crippen LogP contribution >= 0.6 is 0 Å². The zero-order chi connectivity index (χ0) is 97.9. The maximum atomic E-state index is 8.91. The molecule has 0 spiro atoms. The van der Waals surface area contributed by atoms with Crippen molar-refractivity contribution >= 4 is 0 Å². The molecule has 0 unspecified atom stereocenters. The summed E-state index contributed by atoms with van der Waals surface area (Å²) in [5, 5.41) is 0. The summed E-state index contributed by atoms with van der Waals surface area (Å²) in [6, 6.07) is 106. The minimum Gasteiger partial charge on any atom is -0.0599 e. The normalized spacial score (nSPS) is 17.0. The summed E-state index contributed by atoms with van der Waals surface area (Å²) < 4.78 is 43.0. The summed E-state index contributed by atoms with van der Waals surface area (Å²) in [5.74, 6) is -0.284. The van der Waals surface area contributed by atoms with Gasteiger partial charge in [-0.05, 0) is 276 Å². The molecule has 4 aliphatic rings. The third kappa shape index (κ3) is 30.1. The molecule has 0 amide bonds. The van der Waals surface area contributed by atoms with E-state index in [1.807, 2.05) is 45.0 Å². The Morgan fingerprint density at radius 2 is 0.372 bits per heavy atom. The average molecular weight is 1720 g/mol. The van der Waals surface area contributed by atoms with Crippen LogP contribution in [0.3, 0.4) is 0 Å². The van der Waals surface area contributed by atoms with Crippen LogP contribution in [-0.4, -0.2) is 0 Å². The molecule has 12 aromatic rings. The van der Waals surface area contributed by atoms with Crippen LogP contribution < -0.4 is 0 Å². The Labute approximate surface area is 794 Å². The highest BCUT2D eigenvalue weighted by Crippen LogP contribution is 2.45. The lowest BCUT2D eigenvalue weighted by Crippen LogP contribution is -2.20. The molecule has 4 fully saturated rings. The minimum absolute atomic E-state index is 0.158. The van der Waals surface area contributed by atoms with Crippen LogP contribution in [0.5, 0.6) is 0 Å². The Morgan fingerprint density at radius 3 is 0.566 bits per heavy atom. The zero-order valence-corrected chi connectivity index (χ0v) is 84.8. The van der Waals surface area contributed by atoms with Gasteiger partial charge in [-0.15, -0.1) is 0 Å². The molecule has 4 aliphatic carbocycles. The standard InChI is InChI=1S/C24H32.C22H28.2C21H26.C21H28.C20H26/c1-23(2,3)22-12-10-20(11-13-22)18-6-8-19(9-7-18)21-14-16-24(4,5)17-15-21;1-22(2,3)21-15-13-20(14-16-21)19-11-9-18(10-12-19)17-7-5-4-6-8-17;2*1-21(2,3)20-14-12-19(13-15-20)18-10-8-17(9-11-18)16-6-4-5-7-16;1-20(2,3)15-16-7-9-17(10-8-16)18-11-13-19(14-12-18)21(4,5)6;1-19(2,3)17-11-7-15(8-12-17)16-9-13-18(14-10-16)20(4,5)6/h6-13,21H,14-17H2,1-5H3;9-17H,4-8H2,1-3H3;2*8-16H,4-7H2,1-3H3;7-14H,15H2,1-6H3;7-14H,1-6H3/i21D;17D;16D;;15D2;. The monoisotopic (exact) mass is 1720 g/mol. The van der Waals surface area contributed by atoms with Gasteiger partial charge in [0, 0.05) is 6.85 Å². The fourth-order valence-electron chi connectivity index (χ4n) is 18.1. The maximum Gasteiger partial charge on any atom is 0.0352 e. The van der Waals surface area contributed by atoms with E-state index >= 15 is 0 Å². The highest BCUT2D eigenvalue weighted by atomic mass is 14.3. The lowest BCUT2D eigenvalue weighted by atomic mass is 9.71. The van der Waals surface area contributed by atoms with Gasteiger partial charge in [-0.2, -0.15) is 0 Å². The Kier molecular flexibility index (Phi) is 31.2. The van der Waals surface area contributed by atoms with Crippen LogP contribution in [0, 0.1) is 10.8 Å². The van der Waals surface area contributed by atoms with Gasteiger partial charge >= 0.3 is 0 Å². The molecule has 4 saturated carbocycles. The van der Waals surface area contributed by atoms with Crippen LogP contribution in [0.2, 0.25) is 0 Å². The van der Waals surface area contributed by atoms with Gasteiger partial charge < -0.3 is 0 Å². The molecule has 12 aromatic carbocycles. The maximum absolute atomic E-state index is 8.91. The molecule has 0 aromatic heterocycles. The van der Waals surface area contributed by atoms with Gasteiger partial charge in [0.1, 0.15) is 0 Å². The number of benzene rings is 12. The lowest BCUT2D eigenvalue weighted by molar-refractivity contribution is 0.224. The van der Waals surface area contributed by atoms with Crippen molar-refractivity contribution in [3.63, 3.8) is 0 Å². The summed E-state index contributed by atoms with van der Waals surface area (Å²) in [4.78, 5) is 0. The molecule has 0 N–H and O–H groups in total. The molecule has 0 bridgehead atoms. The molecule has 0 heterocycles. The molecule has 0 saturated heterocycles. The predicted octanol–water partition coefficient (Wildman–Crippen LogP) is 38.8. The molecule has 0 heteroatoms. The van der Waals surface area contributed by atoms with Crippen molar-refractivity contribution in [3.8, 4) is 66.8 Å². The van der Waals surface area contributed by atoms with Crippen molar-refractivity contribution in [2.24, 2.45) is 10.8 Å². The summed E-state index contributed by atoms with van der Waals surface area (Å²) >= 11 is 0. The minimum atomic E-state index is -1.35. The third-order valence-electron chi connectivity index (χ3n) is 27.1. The van der Waals surface area contributed by atoms with Crippen molar-refractivity contribution in [3.05, 3.63) is 358 Å². The Balaban J connectivity index is 0.000000155. The van der Waals surface area contributed by atoms with Gasteiger partial charge in [-0.3, -0.25) is 0 Å². The van der Waals surface area contributed by atoms with Crippen LogP contribution in [0.25, 0.3) is 66.8 Å². The molecule has 0 atom stereocenters. The van der Waals surface area contributed by atoms with Crippen molar-refractivity contribution in [1.29, 1.82) is 0 Å². The van der Waals surface area contributed by atoms with E-state index in [0.29, 0.717) is 5.41 Å². The molecule has 129 heavy (non-hydrogen) atoms. The first-order valence-corrected chi connectivity index (χ1v) is 49.3. The van der Waals surface area contributed by atoms with Gasteiger partial charge in [0.05, 0.1) is 0 Å². The molecule has 0 aliphatic heterocycles. The summed E-state index contributed by atoms with van der Waals surface area (Å²) in [7, 11) is 0. The molecular weight excluding hydrogens is 1550 g/mol. The van der Waals surface area contributed by atoms with Crippen LogP contribution in [0.4, 0.5) is 0 Å².